The summed E-state index contributed by atoms with van der Waals surface area (Å²) in [6, 6.07) is 6.23. The number of hydrogen-bond donors (Lipinski definition) is 0. The first kappa shape index (κ1) is 15.4. The van der Waals surface area contributed by atoms with Crippen LogP contribution in [0.4, 0.5) is 4.39 Å². The molecule has 0 unspecified atom stereocenters. The highest BCUT2D eigenvalue weighted by atomic mass is 19.1. The van der Waals surface area contributed by atoms with Crippen LogP contribution in [0.3, 0.4) is 0 Å². The first-order valence-electron chi connectivity index (χ1n) is 7.70. The van der Waals surface area contributed by atoms with E-state index in [0.29, 0.717) is 30.5 Å². The van der Waals surface area contributed by atoms with Gasteiger partial charge >= 0.3 is 0 Å². The Bertz CT molecular complexity index is 843. The minimum Gasteiger partial charge on any atom is -0.294 e. The van der Waals surface area contributed by atoms with Gasteiger partial charge in [-0.15, -0.1) is 0 Å². The fourth-order valence-corrected chi connectivity index (χ4v) is 3.21. The van der Waals surface area contributed by atoms with Crippen molar-refractivity contribution in [3.05, 3.63) is 46.5 Å². The van der Waals surface area contributed by atoms with Gasteiger partial charge in [0.15, 0.2) is 5.78 Å². The maximum absolute atomic E-state index is 14.0. The number of benzene rings is 1. The lowest BCUT2D eigenvalue weighted by atomic mass is 9.75. The number of rotatable bonds is 2. The molecule has 23 heavy (non-hydrogen) atoms. The van der Waals surface area contributed by atoms with Gasteiger partial charge in [-0.2, -0.15) is 10.4 Å². The second-order valence-corrected chi connectivity index (χ2v) is 6.75. The topological polar surface area (TPSA) is 58.7 Å². The molecule has 1 aromatic carbocycles. The van der Waals surface area contributed by atoms with Crippen LogP contribution in [0.5, 0.6) is 0 Å². The first-order valence-corrected chi connectivity index (χ1v) is 7.70. The highest BCUT2D eigenvalue weighted by Crippen LogP contribution is 2.37. The number of aromatic nitrogens is 2. The number of halogens is 1. The number of aryl methyl sites for hydroxylation is 1. The molecule has 0 saturated heterocycles. The lowest BCUT2D eigenvalue weighted by Gasteiger charge is -2.29. The Hall–Kier alpha value is -2.48. The van der Waals surface area contributed by atoms with E-state index in [2.05, 4.69) is 18.9 Å². The Balaban J connectivity index is 2.20. The van der Waals surface area contributed by atoms with E-state index in [0.717, 1.165) is 11.4 Å². The highest BCUT2D eigenvalue weighted by Gasteiger charge is 2.36. The van der Waals surface area contributed by atoms with E-state index in [-0.39, 0.29) is 16.8 Å². The van der Waals surface area contributed by atoms with E-state index >= 15 is 0 Å². The minimum absolute atomic E-state index is 0.00175. The van der Waals surface area contributed by atoms with E-state index in [1.807, 2.05) is 13.0 Å². The Morgan fingerprint density at radius 1 is 1.39 bits per heavy atom. The van der Waals surface area contributed by atoms with Crippen molar-refractivity contribution >= 4 is 5.78 Å². The van der Waals surface area contributed by atoms with Crippen LogP contribution in [0.15, 0.2) is 18.2 Å². The Kier molecular flexibility index (Phi) is 3.56. The van der Waals surface area contributed by atoms with Crippen LogP contribution in [-0.2, 0) is 12.8 Å². The number of carbonyl (C=O) groups excluding carboxylic acids is 1. The summed E-state index contributed by atoms with van der Waals surface area (Å²) in [5.74, 6) is -0.470. The maximum atomic E-state index is 14.0. The van der Waals surface area contributed by atoms with Crippen molar-refractivity contribution in [3.8, 4) is 11.8 Å². The van der Waals surface area contributed by atoms with Gasteiger partial charge in [0.25, 0.3) is 0 Å². The van der Waals surface area contributed by atoms with Gasteiger partial charge in [0, 0.05) is 12.5 Å². The Labute approximate surface area is 134 Å². The van der Waals surface area contributed by atoms with Gasteiger partial charge in [-0.1, -0.05) is 20.8 Å². The van der Waals surface area contributed by atoms with Gasteiger partial charge in [-0.25, -0.2) is 9.07 Å². The van der Waals surface area contributed by atoms with Crippen LogP contribution in [-0.4, -0.2) is 15.6 Å². The largest absolute Gasteiger partial charge is 0.294 e. The third-order valence-electron chi connectivity index (χ3n) is 4.27. The monoisotopic (exact) mass is 311 g/mol. The number of ketones is 1. The third kappa shape index (κ3) is 2.55. The van der Waals surface area contributed by atoms with Gasteiger partial charge in [-0.3, -0.25) is 4.79 Å². The minimum atomic E-state index is -0.575. The highest BCUT2D eigenvalue weighted by molar-refractivity contribution is 6.00. The molecule has 0 bridgehead atoms. The predicted molar refractivity (Wildman–Crippen MR) is 84.0 cm³/mol. The molecular formula is C18H18FN3O. The molecule has 1 aliphatic carbocycles. The average molecular weight is 311 g/mol. The molecule has 1 heterocycles. The van der Waals surface area contributed by atoms with Crippen molar-refractivity contribution in [1.29, 1.82) is 5.26 Å². The fraction of sp³-hybridized carbons (Fsp3) is 0.389. The molecule has 1 aromatic heterocycles. The molecular weight excluding hydrogens is 293 g/mol. The van der Waals surface area contributed by atoms with Crippen molar-refractivity contribution in [2.24, 2.45) is 5.41 Å². The standard InChI is InChI=1S/C18H18FN3O/c1-4-14-17-15(8-18(2,3)9-16(17)23)22(21-14)12-6-5-11(10-20)13(19)7-12/h5-7H,4,8-9H2,1-3H3. The summed E-state index contributed by atoms with van der Waals surface area (Å²) in [5.41, 5.74) is 2.69. The van der Waals surface area contributed by atoms with E-state index in [9.17, 15) is 9.18 Å². The summed E-state index contributed by atoms with van der Waals surface area (Å²) in [7, 11) is 0. The molecule has 0 aliphatic heterocycles. The second kappa shape index (κ2) is 5.31. The van der Waals surface area contributed by atoms with E-state index in [4.69, 9.17) is 5.26 Å². The number of carbonyl (C=O) groups is 1. The van der Waals surface area contributed by atoms with Crippen LogP contribution in [0.2, 0.25) is 0 Å². The van der Waals surface area contributed by atoms with Crippen LogP contribution in [0, 0.1) is 22.6 Å². The molecule has 0 fully saturated rings. The number of nitrogens with zero attached hydrogens (tertiary/aromatic N) is 3. The summed E-state index contributed by atoms with van der Waals surface area (Å²) < 4.78 is 15.6. The molecule has 0 saturated carbocycles. The first-order chi connectivity index (χ1) is 10.9. The zero-order chi connectivity index (χ0) is 16.8. The maximum Gasteiger partial charge on any atom is 0.167 e. The van der Waals surface area contributed by atoms with Gasteiger partial charge in [0.2, 0.25) is 0 Å². The van der Waals surface area contributed by atoms with Crippen LogP contribution in [0.1, 0.15) is 54.5 Å². The summed E-state index contributed by atoms with van der Waals surface area (Å²) in [6.45, 7) is 6.06. The molecule has 0 atom stereocenters. The van der Waals surface area contributed by atoms with Crippen molar-refractivity contribution in [2.45, 2.75) is 40.0 Å². The summed E-state index contributed by atoms with van der Waals surface area (Å²) in [5, 5.41) is 13.4. The number of Topliss-reactive ketones (excluding diaryl/α,β-unsaturated/α-hetero) is 1. The number of nitriles is 1. The van der Waals surface area contributed by atoms with Crippen molar-refractivity contribution in [2.75, 3.05) is 0 Å². The van der Waals surface area contributed by atoms with Crippen molar-refractivity contribution in [3.63, 3.8) is 0 Å². The Morgan fingerprint density at radius 2 is 2.13 bits per heavy atom. The molecule has 2 aromatic rings. The smallest absolute Gasteiger partial charge is 0.167 e. The molecule has 0 N–H and O–H groups in total. The normalized spacial score (nSPS) is 16.0. The van der Waals surface area contributed by atoms with Crippen LogP contribution >= 0.6 is 0 Å². The SMILES string of the molecule is CCc1nn(-c2ccc(C#N)c(F)c2)c2c1C(=O)CC(C)(C)C2. The van der Waals surface area contributed by atoms with Crippen molar-refractivity contribution < 1.29 is 9.18 Å². The quantitative estimate of drug-likeness (QED) is 0.851. The lowest BCUT2D eigenvalue weighted by molar-refractivity contribution is 0.0910. The zero-order valence-electron chi connectivity index (χ0n) is 13.5. The molecule has 0 spiro atoms. The van der Waals surface area contributed by atoms with Crippen molar-refractivity contribution in [1.82, 2.24) is 9.78 Å². The predicted octanol–water partition coefficient (Wildman–Crippen LogP) is 3.60. The van der Waals surface area contributed by atoms with Gasteiger partial charge in [0.1, 0.15) is 11.9 Å². The molecule has 4 nitrogen and oxygen atoms in total. The third-order valence-corrected chi connectivity index (χ3v) is 4.27. The van der Waals surface area contributed by atoms with Gasteiger partial charge in [0.05, 0.1) is 28.2 Å². The molecule has 3 rings (SSSR count). The lowest BCUT2D eigenvalue weighted by Crippen LogP contribution is -2.28. The van der Waals surface area contributed by atoms with E-state index in [1.54, 1.807) is 10.7 Å². The summed E-state index contributed by atoms with van der Waals surface area (Å²) >= 11 is 0. The van der Waals surface area contributed by atoms with Crippen LogP contribution in [0.25, 0.3) is 5.69 Å². The molecule has 0 radical (unpaired) electrons. The Morgan fingerprint density at radius 3 is 2.74 bits per heavy atom. The molecule has 5 heteroatoms. The van der Waals surface area contributed by atoms with E-state index in [1.165, 1.54) is 12.1 Å². The number of fused-ring (bicyclic) bond motifs is 1. The summed E-state index contributed by atoms with van der Waals surface area (Å²) in [4.78, 5) is 12.5. The molecule has 1 aliphatic rings. The summed E-state index contributed by atoms with van der Waals surface area (Å²) in [6.07, 6.45) is 1.86. The fourth-order valence-electron chi connectivity index (χ4n) is 3.21. The van der Waals surface area contributed by atoms with E-state index < -0.39 is 5.82 Å². The number of hydrogen-bond acceptors (Lipinski definition) is 3. The zero-order valence-corrected chi connectivity index (χ0v) is 13.5. The second-order valence-electron chi connectivity index (χ2n) is 6.75. The van der Waals surface area contributed by atoms with Gasteiger partial charge in [-0.05, 0) is 30.4 Å². The average Bonchev–Trinajstić information content (AvgIpc) is 2.84. The molecule has 118 valence electrons. The van der Waals surface area contributed by atoms with Crippen LogP contribution < -0.4 is 0 Å². The molecule has 0 amide bonds. The van der Waals surface area contributed by atoms with Gasteiger partial charge < -0.3 is 0 Å².